The maximum absolute atomic E-state index is 12.3. The zero-order valence-corrected chi connectivity index (χ0v) is 15.2. The highest BCUT2D eigenvalue weighted by molar-refractivity contribution is 5.91. The van der Waals surface area contributed by atoms with Gasteiger partial charge < -0.3 is 15.2 Å². The van der Waals surface area contributed by atoms with Crippen molar-refractivity contribution in [2.45, 2.75) is 19.9 Å². The van der Waals surface area contributed by atoms with Crippen LogP contribution in [0.4, 0.5) is 5.69 Å². The van der Waals surface area contributed by atoms with Crippen LogP contribution in [0.1, 0.15) is 24.4 Å². The zero-order chi connectivity index (χ0) is 18.7. The van der Waals surface area contributed by atoms with Crippen molar-refractivity contribution in [3.63, 3.8) is 0 Å². The van der Waals surface area contributed by atoms with Gasteiger partial charge >= 0.3 is 0 Å². The highest BCUT2D eigenvalue weighted by atomic mass is 16.2. The molecule has 1 unspecified atom stereocenters. The average Bonchev–Trinajstić information content (AvgIpc) is 2.63. The van der Waals surface area contributed by atoms with Gasteiger partial charge in [0.2, 0.25) is 0 Å². The van der Waals surface area contributed by atoms with E-state index in [0.717, 1.165) is 16.2 Å². The van der Waals surface area contributed by atoms with Crippen molar-refractivity contribution in [3.05, 3.63) is 70.3 Å². The Morgan fingerprint density at radius 1 is 1.19 bits per heavy atom. The van der Waals surface area contributed by atoms with Crippen molar-refractivity contribution >= 4 is 22.5 Å². The number of hydrogen-bond donors (Lipinski definition) is 3. The summed E-state index contributed by atoms with van der Waals surface area (Å²) in [6, 6.07) is 14.8. The lowest BCUT2D eigenvalue weighted by Gasteiger charge is -2.20. The van der Waals surface area contributed by atoms with Crippen LogP contribution in [0.25, 0.3) is 10.9 Å². The molecule has 2 aromatic carbocycles. The first-order valence-corrected chi connectivity index (χ1v) is 8.62. The minimum Gasteiger partial charge on any atom is -0.321 e. The molecule has 0 saturated carbocycles. The minimum absolute atomic E-state index is 0.0821. The van der Waals surface area contributed by atoms with E-state index < -0.39 is 0 Å². The number of hydrogen-bond acceptors (Lipinski definition) is 3. The third-order valence-corrected chi connectivity index (χ3v) is 4.56. The van der Waals surface area contributed by atoms with E-state index >= 15 is 0 Å². The lowest BCUT2D eigenvalue weighted by Crippen LogP contribution is -3.10. The number of benzene rings is 2. The van der Waals surface area contributed by atoms with Gasteiger partial charge in [-0.25, -0.2) is 4.98 Å². The number of amides is 1. The number of rotatable bonds is 5. The normalized spacial score (nSPS) is 13.3. The molecule has 1 heterocycles. The molecule has 0 spiro atoms. The van der Waals surface area contributed by atoms with Crippen molar-refractivity contribution in [2.24, 2.45) is 0 Å². The first-order valence-electron chi connectivity index (χ1n) is 8.62. The molecule has 3 aromatic rings. The van der Waals surface area contributed by atoms with Gasteiger partial charge in [0.05, 0.1) is 18.0 Å². The van der Waals surface area contributed by atoms with Gasteiger partial charge in [-0.15, -0.1) is 0 Å². The Morgan fingerprint density at radius 2 is 1.88 bits per heavy atom. The number of carbonyl (C=O) groups excluding carboxylic acids is 1. The fourth-order valence-electron chi connectivity index (χ4n) is 2.79. The summed E-state index contributed by atoms with van der Waals surface area (Å²) in [5, 5.41) is 3.46. The first-order chi connectivity index (χ1) is 12.4. The second kappa shape index (κ2) is 7.49. The summed E-state index contributed by atoms with van der Waals surface area (Å²) in [5.41, 5.74) is 2.42. The molecule has 0 radical (unpaired) electrons. The molecule has 1 aromatic heterocycles. The van der Waals surface area contributed by atoms with Crippen molar-refractivity contribution in [2.75, 3.05) is 18.9 Å². The number of aryl methyl sites for hydroxylation is 1. The Labute approximate surface area is 151 Å². The lowest BCUT2D eigenvalue weighted by atomic mass is 10.2. The van der Waals surface area contributed by atoms with Gasteiger partial charge in [-0.3, -0.25) is 9.59 Å². The minimum atomic E-state index is -0.158. The highest BCUT2D eigenvalue weighted by Crippen LogP contribution is 2.09. The monoisotopic (exact) mass is 351 g/mol. The average molecular weight is 351 g/mol. The Hall–Kier alpha value is -2.99. The van der Waals surface area contributed by atoms with Crippen LogP contribution in [0.15, 0.2) is 53.3 Å². The maximum Gasteiger partial charge on any atom is 0.279 e. The molecule has 0 fully saturated rings. The first kappa shape index (κ1) is 17.8. The lowest BCUT2D eigenvalue weighted by molar-refractivity contribution is -0.902. The van der Waals surface area contributed by atoms with Crippen LogP contribution in [-0.4, -0.2) is 29.5 Å². The van der Waals surface area contributed by atoms with E-state index in [0.29, 0.717) is 16.7 Å². The molecule has 0 saturated heterocycles. The summed E-state index contributed by atoms with van der Waals surface area (Å²) in [5.74, 6) is 0.496. The van der Waals surface area contributed by atoms with Gasteiger partial charge in [0.25, 0.3) is 11.5 Å². The van der Waals surface area contributed by atoms with Crippen LogP contribution in [0.3, 0.4) is 0 Å². The molecule has 3 rings (SSSR count). The van der Waals surface area contributed by atoms with Crippen molar-refractivity contribution < 1.29 is 9.69 Å². The predicted octanol–water partition coefficient (Wildman–Crippen LogP) is 1.45. The van der Waals surface area contributed by atoms with Crippen LogP contribution in [-0.2, 0) is 4.79 Å². The molecule has 1 amide bonds. The molecule has 6 nitrogen and oxygen atoms in total. The van der Waals surface area contributed by atoms with E-state index in [4.69, 9.17) is 0 Å². The van der Waals surface area contributed by atoms with Gasteiger partial charge in [0.1, 0.15) is 6.04 Å². The van der Waals surface area contributed by atoms with E-state index in [1.807, 2.05) is 63.4 Å². The molecular weight excluding hydrogens is 328 g/mol. The number of para-hydroxylation sites is 1. The SMILES string of the molecule is Cc1ccc(NC(=O)C[NH+](C)[C@@H](C)c2nc3ccccc3c(=O)[nH]2)cc1. The number of quaternary nitrogens is 1. The van der Waals surface area contributed by atoms with E-state index in [9.17, 15) is 9.59 Å². The Balaban J connectivity index is 1.71. The summed E-state index contributed by atoms with van der Waals surface area (Å²) in [6.45, 7) is 4.22. The van der Waals surface area contributed by atoms with E-state index in [2.05, 4.69) is 15.3 Å². The van der Waals surface area contributed by atoms with Crippen molar-refractivity contribution in [1.82, 2.24) is 9.97 Å². The smallest absolute Gasteiger partial charge is 0.279 e. The molecule has 0 aliphatic rings. The molecule has 6 heteroatoms. The fraction of sp³-hybridized carbons (Fsp3) is 0.250. The quantitative estimate of drug-likeness (QED) is 0.651. The Kier molecular flexibility index (Phi) is 5.14. The summed E-state index contributed by atoms with van der Waals surface area (Å²) in [6.07, 6.45) is 0. The molecular formula is C20H23N4O2+. The fourth-order valence-corrected chi connectivity index (χ4v) is 2.79. The summed E-state index contributed by atoms with van der Waals surface area (Å²) < 4.78 is 0. The van der Waals surface area contributed by atoms with Gasteiger partial charge in [0.15, 0.2) is 12.4 Å². The number of nitrogens with one attached hydrogen (secondary N) is 3. The van der Waals surface area contributed by atoms with Gasteiger partial charge in [-0.05, 0) is 38.1 Å². The summed E-state index contributed by atoms with van der Waals surface area (Å²) in [4.78, 5) is 32.9. The molecule has 2 atom stereocenters. The van der Waals surface area contributed by atoms with Crippen LogP contribution in [0, 0.1) is 6.92 Å². The number of aromatic amines is 1. The third-order valence-electron chi connectivity index (χ3n) is 4.56. The number of anilines is 1. The van der Waals surface area contributed by atoms with Crippen LogP contribution < -0.4 is 15.8 Å². The third kappa shape index (κ3) is 3.97. The molecule has 0 aliphatic carbocycles. The van der Waals surface area contributed by atoms with E-state index in [-0.39, 0.29) is 24.1 Å². The topological polar surface area (TPSA) is 79.3 Å². The Bertz CT molecular complexity index is 979. The van der Waals surface area contributed by atoms with E-state index in [1.54, 1.807) is 6.07 Å². The number of H-pyrrole nitrogens is 1. The highest BCUT2D eigenvalue weighted by Gasteiger charge is 2.21. The Morgan fingerprint density at radius 3 is 2.62 bits per heavy atom. The van der Waals surface area contributed by atoms with Gasteiger partial charge in [-0.1, -0.05) is 29.8 Å². The molecule has 0 aliphatic heterocycles. The number of nitrogens with zero attached hydrogens (tertiary/aromatic N) is 1. The van der Waals surface area contributed by atoms with Crippen molar-refractivity contribution in [3.8, 4) is 0 Å². The van der Waals surface area contributed by atoms with Crippen LogP contribution >= 0.6 is 0 Å². The number of aromatic nitrogens is 2. The number of likely N-dealkylation sites (N-methyl/N-ethyl adjacent to an activating group) is 1. The molecule has 26 heavy (non-hydrogen) atoms. The second-order valence-corrected chi connectivity index (χ2v) is 6.63. The largest absolute Gasteiger partial charge is 0.321 e. The molecule has 3 N–H and O–H groups in total. The second-order valence-electron chi connectivity index (χ2n) is 6.63. The zero-order valence-electron chi connectivity index (χ0n) is 15.2. The van der Waals surface area contributed by atoms with Crippen LogP contribution in [0.2, 0.25) is 0 Å². The number of fused-ring (bicyclic) bond motifs is 1. The molecule has 134 valence electrons. The summed E-state index contributed by atoms with van der Waals surface area (Å²) >= 11 is 0. The van der Waals surface area contributed by atoms with Gasteiger partial charge in [-0.2, -0.15) is 0 Å². The van der Waals surface area contributed by atoms with Gasteiger partial charge in [0, 0.05) is 5.69 Å². The summed E-state index contributed by atoms with van der Waals surface area (Å²) in [7, 11) is 1.91. The van der Waals surface area contributed by atoms with E-state index in [1.165, 1.54) is 0 Å². The number of carbonyl (C=O) groups is 1. The van der Waals surface area contributed by atoms with Crippen molar-refractivity contribution in [1.29, 1.82) is 0 Å². The maximum atomic E-state index is 12.3. The van der Waals surface area contributed by atoms with Crippen LogP contribution in [0.5, 0.6) is 0 Å². The standard InChI is InChI=1S/C20H22N4O2/c1-13-8-10-15(11-9-13)21-18(25)12-24(3)14(2)19-22-17-7-5-4-6-16(17)20(26)23-19/h4-11,14H,12H2,1-3H3,(H,21,25)(H,22,23,26)/p+1/t14-/m0/s1. The predicted molar refractivity (Wildman–Crippen MR) is 102 cm³/mol. The molecule has 0 bridgehead atoms.